The topological polar surface area (TPSA) is 96.9 Å². The number of hydrogen-bond acceptors (Lipinski definition) is 4. The lowest BCUT2D eigenvalue weighted by atomic mass is 10.3. The van der Waals surface area contributed by atoms with Crippen LogP contribution in [-0.4, -0.2) is 16.1 Å². The number of carbonyl (C=O) groups is 1. The summed E-state index contributed by atoms with van der Waals surface area (Å²) in [4.78, 5) is 11.4. The van der Waals surface area contributed by atoms with E-state index in [-0.39, 0.29) is 11.7 Å². The van der Waals surface area contributed by atoms with Crippen molar-refractivity contribution in [2.45, 2.75) is 6.54 Å². The molecule has 0 saturated heterocycles. The summed E-state index contributed by atoms with van der Waals surface area (Å²) in [5, 5.41) is 8.97. The predicted molar refractivity (Wildman–Crippen MR) is 52.9 cm³/mol. The molecule has 0 unspecified atom stereocenters. The van der Waals surface area contributed by atoms with E-state index in [1.165, 1.54) is 6.26 Å². The van der Waals surface area contributed by atoms with Crippen LogP contribution in [0.4, 0.5) is 5.82 Å². The molecule has 0 aliphatic carbocycles. The number of rotatable bonds is 3. The molecule has 0 saturated carbocycles. The molecule has 0 fully saturated rings. The summed E-state index contributed by atoms with van der Waals surface area (Å²) in [5.74, 6) is 0.451. The van der Waals surface area contributed by atoms with Gasteiger partial charge in [0.1, 0.15) is 5.82 Å². The Morgan fingerprint density at radius 1 is 1.67 bits per heavy atom. The standard InChI is InChI=1S/C9H10N4O2/c10-8-6(5-12-13-8)4-11-9(14)7-2-1-3-15-7/h1-3,5H,4H2,(H,11,14)(H3,10,12,13). The Labute approximate surface area is 85.5 Å². The first-order valence-corrected chi connectivity index (χ1v) is 4.37. The molecule has 78 valence electrons. The van der Waals surface area contributed by atoms with Gasteiger partial charge in [0, 0.05) is 12.1 Å². The minimum absolute atomic E-state index is 0.275. The first-order valence-electron chi connectivity index (χ1n) is 4.37. The smallest absolute Gasteiger partial charge is 0.287 e. The number of hydrogen-bond donors (Lipinski definition) is 3. The molecular weight excluding hydrogens is 196 g/mol. The lowest BCUT2D eigenvalue weighted by Crippen LogP contribution is -2.22. The SMILES string of the molecule is Nc1[nH]ncc1CNC(=O)c1ccco1. The zero-order valence-electron chi connectivity index (χ0n) is 7.86. The highest BCUT2D eigenvalue weighted by molar-refractivity contribution is 5.91. The largest absolute Gasteiger partial charge is 0.459 e. The average molecular weight is 206 g/mol. The van der Waals surface area contributed by atoms with Crippen LogP contribution in [0.2, 0.25) is 0 Å². The number of H-pyrrole nitrogens is 1. The fourth-order valence-electron chi connectivity index (χ4n) is 1.13. The molecule has 4 N–H and O–H groups in total. The summed E-state index contributed by atoms with van der Waals surface area (Å²) in [6.07, 6.45) is 3.01. The van der Waals surface area contributed by atoms with Gasteiger partial charge in [0.05, 0.1) is 12.5 Å². The van der Waals surface area contributed by atoms with Gasteiger partial charge >= 0.3 is 0 Å². The number of aromatic nitrogens is 2. The van der Waals surface area contributed by atoms with Crippen LogP contribution < -0.4 is 11.1 Å². The Morgan fingerprint density at radius 2 is 2.53 bits per heavy atom. The molecule has 1 amide bonds. The fraction of sp³-hybridized carbons (Fsp3) is 0.111. The van der Waals surface area contributed by atoms with Gasteiger partial charge in [0.15, 0.2) is 5.76 Å². The number of amides is 1. The van der Waals surface area contributed by atoms with Crippen LogP contribution >= 0.6 is 0 Å². The van der Waals surface area contributed by atoms with Crippen molar-refractivity contribution < 1.29 is 9.21 Å². The molecule has 0 aliphatic heterocycles. The van der Waals surface area contributed by atoms with Crippen molar-refractivity contribution >= 4 is 11.7 Å². The third-order valence-electron chi connectivity index (χ3n) is 1.94. The number of nitrogen functional groups attached to an aromatic ring is 1. The van der Waals surface area contributed by atoms with Crippen molar-refractivity contribution in [2.24, 2.45) is 0 Å². The second-order valence-electron chi connectivity index (χ2n) is 2.97. The monoisotopic (exact) mass is 206 g/mol. The Bertz CT molecular complexity index is 446. The molecule has 0 aromatic carbocycles. The normalized spacial score (nSPS) is 10.1. The second-order valence-corrected chi connectivity index (χ2v) is 2.97. The molecular formula is C9H10N4O2. The number of nitrogens with two attached hydrogens (primary N) is 1. The van der Waals surface area contributed by atoms with Crippen molar-refractivity contribution in [2.75, 3.05) is 5.73 Å². The first-order chi connectivity index (χ1) is 7.27. The molecule has 0 radical (unpaired) electrons. The van der Waals surface area contributed by atoms with Gasteiger partial charge in [-0.2, -0.15) is 5.10 Å². The highest BCUT2D eigenvalue weighted by Gasteiger charge is 2.08. The number of aromatic amines is 1. The number of nitrogens with zero attached hydrogens (tertiary/aromatic N) is 1. The molecule has 6 heteroatoms. The van der Waals surface area contributed by atoms with Crippen LogP contribution in [0.5, 0.6) is 0 Å². The Balaban J connectivity index is 1.95. The highest BCUT2D eigenvalue weighted by atomic mass is 16.3. The summed E-state index contributed by atoms with van der Waals surface area (Å²) in [7, 11) is 0. The van der Waals surface area contributed by atoms with Crippen molar-refractivity contribution in [3.8, 4) is 0 Å². The first kappa shape index (κ1) is 9.32. The van der Waals surface area contributed by atoms with Gasteiger partial charge in [-0.05, 0) is 12.1 Å². The number of carbonyl (C=O) groups excluding carboxylic acids is 1. The minimum atomic E-state index is -0.277. The Morgan fingerprint density at radius 3 is 3.13 bits per heavy atom. The number of furan rings is 1. The summed E-state index contributed by atoms with van der Waals surface area (Å²) in [6.45, 7) is 0.321. The molecule has 0 bridgehead atoms. The lowest BCUT2D eigenvalue weighted by molar-refractivity contribution is 0.0923. The lowest BCUT2D eigenvalue weighted by Gasteiger charge is -2.01. The summed E-state index contributed by atoms with van der Waals surface area (Å²) in [6, 6.07) is 3.25. The van der Waals surface area contributed by atoms with Crippen molar-refractivity contribution in [1.82, 2.24) is 15.5 Å². The van der Waals surface area contributed by atoms with E-state index in [9.17, 15) is 4.79 Å². The quantitative estimate of drug-likeness (QED) is 0.681. The predicted octanol–water partition coefficient (Wildman–Crippen LogP) is 0.515. The van der Waals surface area contributed by atoms with Gasteiger partial charge in [-0.15, -0.1) is 0 Å². The van der Waals surface area contributed by atoms with E-state index in [4.69, 9.17) is 10.2 Å². The average Bonchev–Trinajstić information content (AvgIpc) is 2.85. The Hall–Kier alpha value is -2.24. The molecule has 2 aromatic rings. The maximum Gasteiger partial charge on any atom is 0.287 e. The van der Waals surface area contributed by atoms with Gasteiger partial charge in [0.2, 0.25) is 0 Å². The van der Waals surface area contributed by atoms with Gasteiger partial charge in [-0.1, -0.05) is 0 Å². The van der Waals surface area contributed by atoms with Crippen molar-refractivity contribution in [3.63, 3.8) is 0 Å². The van der Waals surface area contributed by atoms with Crippen molar-refractivity contribution in [1.29, 1.82) is 0 Å². The molecule has 2 heterocycles. The van der Waals surface area contributed by atoms with E-state index < -0.39 is 0 Å². The van der Waals surface area contributed by atoms with E-state index in [0.717, 1.165) is 5.56 Å². The minimum Gasteiger partial charge on any atom is -0.459 e. The molecule has 0 aliphatic rings. The van der Waals surface area contributed by atoms with Crippen LogP contribution in [0, 0.1) is 0 Å². The molecule has 2 rings (SSSR count). The third kappa shape index (κ3) is 1.98. The van der Waals surface area contributed by atoms with Gasteiger partial charge in [0.25, 0.3) is 5.91 Å². The second kappa shape index (κ2) is 3.87. The molecule has 0 atom stereocenters. The van der Waals surface area contributed by atoms with E-state index >= 15 is 0 Å². The molecule has 15 heavy (non-hydrogen) atoms. The van der Waals surface area contributed by atoms with Gasteiger partial charge in [-0.25, -0.2) is 0 Å². The Kier molecular flexibility index (Phi) is 2.40. The molecule has 0 spiro atoms. The number of nitrogens with one attached hydrogen (secondary N) is 2. The maximum atomic E-state index is 11.4. The zero-order valence-corrected chi connectivity index (χ0v) is 7.86. The molecule has 6 nitrogen and oxygen atoms in total. The van der Waals surface area contributed by atoms with Crippen LogP contribution in [0.25, 0.3) is 0 Å². The van der Waals surface area contributed by atoms with Crippen molar-refractivity contribution in [3.05, 3.63) is 35.9 Å². The fourth-order valence-corrected chi connectivity index (χ4v) is 1.13. The van der Waals surface area contributed by atoms with E-state index in [1.807, 2.05) is 0 Å². The summed E-state index contributed by atoms with van der Waals surface area (Å²) >= 11 is 0. The summed E-state index contributed by atoms with van der Waals surface area (Å²) in [5.41, 5.74) is 6.30. The summed E-state index contributed by atoms with van der Waals surface area (Å²) < 4.78 is 4.93. The third-order valence-corrected chi connectivity index (χ3v) is 1.94. The van der Waals surface area contributed by atoms with Gasteiger partial charge < -0.3 is 15.5 Å². The number of anilines is 1. The van der Waals surface area contributed by atoms with E-state index in [1.54, 1.807) is 18.3 Å². The zero-order chi connectivity index (χ0) is 10.7. The van der Waals surface area contributed by atoms with Crippen LogP contribution in [0.15, 0.2) is 29.0 Å². The van der Waals surface area contributed by atoms with Gasteiger partial charge in [-0.3, -0.25) is 9.89 Å². The maximum absolute atomic E-state index is 11.4. The van der Waals surface area contributed by atoms with E-state index in [2.05, 4.69) is 15.5 Å². The van der Waals surface area contributed by atoms with Crippen LogP contribution in [0.1, 0.15) is 16.1 Å². The molecule has 2 aromatic heterocycles. The van der Waals surface area contributed by atoms with Crippen LogP contribution in [0.3, 0.4) is 0 Å². The van der Waals surface area contributed by atoms with Crippen LogP contribution in [-0.2, 0) is 6.54 Å². The van der Waals surface area contributed by atoms with E-state index in [0.29, 0.717) is 12.4 Å². The highest BCUT2D eigenvalue weighted by Crippen LogP contribution is 2.06.